The van der Waals surface area contributed by atoms with Gasteiger partial charge in [-0.25, -0.2) is 4.98 Å². The fourth-order valence-electron chi connectivity index (χ4n) is 2.22. The summed E-state index contributed by atoms with van der Waals surface area (Å²) in [5, 5.41) is 3.13. The maximum Gasteiger partial charge on any atom is 0.271 e. The third kappa shape index (κ3) is 3.65. The maximum absolute atomic E-state index is 11.8. The third-order valence-corrected chi connectivity index (χ3v) is 3.29. The summed E-state index contributed by atoms with van der Waals surface area (Å²) in [6, 6.07) is 0. The average molecular weight is 269 g/mol. The van der Waals surface area contributed by atoms with E-state index in [2.05, 4.69) is 27.2 Å². The number of hydrogen-bond acceptors (Lipinski definition) is 4. The molecule has 0 spiro atoms. The molecule has 0 radical (unpaired) electrons. The van der Waals surface area contributed by atoms with Gasteiger partial charge in [-0.15, -0.1) is 0 Å². The van der Waals surface area contributed by atoms with Crippen LogP contribution in [0.15, 0.2) is 12.4 Å². The fourth-order valence-corrected chi connectivity index (χ4v) is 2.37. The molecule has 1 amide bonds. The Kier molecular flexibility index (Phi) is 4.49. The Morgan fingerprint density at radius 3 is 3.17 bits per heavy atom. The van der Waals surface area contributed by atoms with Gasteiger partial charge in [-0.3, -0.25) is 9.78 Å². The number of halogens is 1. The molecule has 1 fully saturated rings. The van der Waals surface area contributed by atoms with E-state index in [0.29, 0.717) is 12.5 Å². The SMILES string of the molecule is CN1CCCC(CNC(=O)c2cncc(Cl)n2)C1. The van der Waals surface area contributed by atoms with Gasteiger partial charge in [0, 0.05) is 13.1 Å². The van der Waals surface area contributed by atoms with Crippen LogP contribution in [0.5, 0.6) is 0 Å². The van der Waals surface area contributed by atoms with Crippen LogP contribution in [0.25, 0.3) is 0 Å². The molecular weight excluding hydrogens is 252 g/mol. The van der Waals surface area contributed by atoms with Crippen molar-refractivity contribution in [3.63, 3.8) is 0 Å². The first-order chi connectivity index (χ1) is 8.65. The van der Waals surface area contributed by atoms with Gasteiger partial charge in [-0.2, -0.15) is 0 Å². The quantitative estimate of drug-likeness (QED) is 0.895. The van der Waals surface area contributed by atoms with E-state index in [-0.39, 0.29) is 16.8 Å². The number of likely N-dealkylation sites (tertiary alicyclic amines) is 1. The number of aromatic nitrogens is 2. The van der Waals surface area contributed by atoms with Gasteiger partial charge in [0.25, 0.3) is 5.91 Å². The van der Waals surface area contributed by atoms with E-state index in [4.69, 9.17) is 11.6 Å². The van der Waals surface area contributed by atoms with Crippen molar-refractivity contribution in [2.75, 3.05) is 26.7 Å². The Labute approximate surface area is 112 Å². The first kappa shape index (κ1) is 13.2. The number of hydrogen-bond donors (Lipinski definition) is 1. The molecule has 1 unspecified atom stereocenters. The Balaban J connectivity index is 1.84. The Morgan fingerprint density at radius 1 is 1.61 bits per heavy atom. The van der Waals surface area contributed by atoms with Crippen LogP contribution in [-0.2, 0) is 0 Å². The lowest BCUT2D eigenvalue weighted by atomic mass is 9.98. The molecule has 18 heavy (non-hydrogen) atoms. The van der Waals surface area contributed by atoms with E-state index in [1.165, 1.54) is 18.8 Å². The predicted molar refractivity (Wildman–Crippen MR) is 69.6 cm³/mol. The van der Waals surface area contributed by atoms with Gasteiger partial charge in [0.1, 0.15) is 10.8 Å². The second kappa shape index (κ2) is 6.11. The summed E-state index contributed by atoms with van der Waals surface area (Å²) in [6.07, 6.45) is 5.18. The van der Waals surface area contributed by atoms with Crippen molar-refractivity contribution in [3.8, 4) is 0 Å². The van der Waals surface area contributed by atoms with Crippen molar-refractivity contribution in [1.29, 1.82) is 0 Å². The second-order valence-corrected chi connectivity index (χ2v) is 5.09. The van der Waals surface area contributed by atoms with E-state index in [1.807, 2.05) is 0 Å². The lowest BCUT2D eigenvalue weighted by Gasteiger charge is -2.29. The van der Waals surface area contributed by atoms with E-state index in [0.717, 1.165) is 19.5 Å². The van der Waals surface area contributed by atoms with Gasteiger partial charge in [-0.05, 0) is 32.4 Å². The molecule has 0 saturated carbocycles. The molecule has 1 aliphatic rings. The molecule has 1 N–H and O–H groups in total. The molecule has 0 bridgehead atoms. The summed E-state index contributed by atoms with van der Waals surface area (Å²) in [6.45, 7) is 2.85. The number of amides is 1. The van der Waals surface area contributed by atoms with Crippen molar-refractivity contribution < 1.29 is 4.79 Å². The molecule has 1 saturated heterocycles. The zero-order valence-electron chi connectivity index (χ0n) is 10.4. The van der Waals surface area contributed by atoms with Gasteiger partial charge in [-0.1, -0.05) is 11.6 Å². The number of piperidine rings is 1. The monoisotopic (exact) mass is 268 g/mol. The summed E-state index contributed by atoms with van der Waals surface area (Å²) in [7, 11) is 2.11. The fraction of sp³-hybridized carbons (Fsp3) is 0.583. The predicted octanol–water partition coefficient (Wildman–Crippen LogP) is 1.20. The molecule has 0 aromatic carbocycles. The van der Waals surface area contributed by atoms with E-state index in [9.17, 15) is 4.79 Å². The smallest absolute Gasteiger partial charge is 0.271 e. The first-order valence-corrected chi connectivity index (χ1v) is 6.47. The van der Waals surface area contributed by atoms with Gasteiger partial charge in [0.05, 0.1) is 12.4 Å². The number of nitrogens with one attached hydrogen (secondary N) is 1. The third-order valence-electron chi connectivity index (χ3n) is 3.11. The zero-order chi connectivity index (χ0) is 13.0. The van der Waals surface area contributed by atoms with Crippen molar-refractivity contribution in [2.45, 2.75) is 12.8 Å². The van der Waals surface area contributed by atoms with Crippen molar-refractivity contribution in [3.05, 3.63) is 23.2 Å². The minimum Gasteiger partial charge on any atom is -0.350 e. The first-order valence-electron chi connectivity index (χ1n) is 6.09. The summed E-state index contributed by atoms with van der Waals surface area (Å²) >= 11 is 5.70. The number of carbonyl (C=O) groups excluding carboxylic acids is 1. The number of carbonyl (C=O) groups is 1. The Hall–Kier alpha value is -1.20. The normalized spacial score (nSPS) is 20.7. The van der Waals surface area contributed by atoms with Crippen LogP contribution in [0, 0.1) is 5.92 Å². The summed E-state index contributed by atoms with van der Waals surface area (Å²) in [4.78, 5) is 21.9. The molecule has 1 aromatic rings. The second-order valence-electron chi connectivity index (χ2n) is 4.71. The van der Waals surface area contributed by atoms with E-state index < -0.39 is 0 Å². The number of rotatable bonds is 3. The molecule has 6 heteroatoms. The lowest BCUT2D eigenvalue weighted by Crippen LogP contribution is -2.39. The van der Waals surface area contributed by atoms with Gasteiger partial charge in [0.2, 0.25) is 0 Å². The highest BCUT2D eigenvalue weighted by atomic mass is 35.5. The molecular formula is C12H17ClN4O. The standard InChI is InChI=1S/C12H17ClN4O/c1-17-4-2-3-9(8-17)5-15-12(18)10-6-14-7-11(13)16-10/h6-7,9H,2-5,8H2,1H3,(H,15,18). The van der Waals surface area contributed by atoms with Crippen LogP contribution >= 0.6 is 11.6 Å². The van der Waals surface area contributed by atoms with Crippen LogP contribution in [-0.4, -0.2) is 47.5 Å². The van der Waals surface area contributed by atoms with Crippen LogP contribution < -0.4 is 5.32 Å². The molecule has 98 valence electrons. The highest BCUT2D eigenvalue weighted by Gasteiger charge is 2.18. The molecule has 1 atom stereocenters. The molecule has 5 nitrogen and oxygen atoms in total. The van der Waals surface area contributed by atoms with Gasteiger partial charge < -0.3 is 10.2 Å². The maximum atomic E-state index is 11.8. The van der Waals surface area contributed by atoms with Gasteiger partial charge in [0.15, 0.2) is 0 Å². The topological polar surface area (TPSA) is 58.1 Å². The van der Waals surface area contributed by atoms with Crippen molar-refractivity contribution in [1.82, 2.24) is 20.2 Å². The average Bonchev–Trinajstić information content (AvgIpc) is 2.36. The molecule has 1 aliphatic heterocycles. The Morgan fingerprint density at radius 2 is 2.44 bits per heavy atom. The van der Waals surface area contributed by atoms with Crippen LogP contribution in [0.1, 0.15) is 23.3 Å². The van der Waals surface area contributed by atoms with Crippen molar-refractivity contribution >= 4 is 17.5 Å². The highest BCUT2D eigenvalue weighted by molar-refractivity contribution is 6.29. The summed E-state index contributed by atoms with van der Waals surface area (Å²) in [5.74, 6) is 0.304. The lowest BCUT2D eigenvalue weighted by molar-refractivity contribution is 0.0931. The van der Waals surface area contributed by atoms with Crippen molar-refractivity contribution in [2.24, 2.45) is 5.92 Å². The minimum absolute atomic E-state index is 0.210. The van der Waals surface area contributed by atoms with Gasteiger partial charge >= 0.3 is 0 Å². The Bertz CT molecular complexity index is 426. The van der Waals surface area contributed by atoms with E-state index in [1.54, 1.807) is 0 Å². The number of nitrogens with zero attached hydrogens (tertiary/aromatic N) is 3. The van der Waals surface area contributed by atoms with Crippen LogP contribution in [0.4, 0.5) is 0 Å². The van der Waals surface area contributed by atoms with Crippen LogP contribution in [0.3, 0.4) is 0 Å². The van der Waals surface area contributed by atoms with Crippen LogP contribution in [0.2, 0.25) is 5.15 Å². The molecule has 0 aliphatic carbocycles. The summed E-state index contributed by atoms with van der Waals surface area (Å²) < 4.78 is 0. The largest absolute Gasteiger partial charge is 0.350 e. The molecule has 2 rings (SSSR count). The molecule has 1 aromatic heterocycles. The summed E-state index contributed by atoms with van der Waals surface area (Å²) in [5.41, 5.74) is 0.270. The minimum atomic E-state index is -0.210. The zero-order valence-corrected chi connectivity index (χ0v) is 11.2. The van der Waals surface area contributed by atoms with E-state index >= 15 is 0 Å². The highest BCUT2D eigenvalue weighted by Crippen LogP contribution is 2.14. The molecule has 2 heterocycles.